The molecule has 0 bridgehead atoms. The van der Waals surface area contributed by atoms with E-state index in [9.17, 15) is 18.0 Å². The molecular formula is C21H35N3O4S. The molecule has 7 nitrogen and oxygen atoms in total. The van der Waals surface area contributed by atoms with Crippen molar-refractivity contribution in [2.24, 2.45) is 5.92 Å². The zero-order valence-electron chi connectivity index (χ0n) is 18.4. The number of nitrogens with one attached hydrogen (secondary N) is 2. The van der Waals surface area contributed by atoms with Crippen LogP contribution < -0.4 is 10.6 Å². The molecule has 29 heavy (non-hydrogen) atoms. The van der Waals surface area contributed by atoms with Gasteiger partial charge in [0.1, 0.15) is 6.04 Å². The number of sulfonamides is 1. The Hall–Kier alpha value is -1.93. The Bertz CT molecular complexity index is 785. The molecule has 0 aliphatic carbocycles. The van der Waals surface area contributed by atoms with E-state index in [1.54, 1.807) is 26.0 Å². The molecule has 0 unspecified atom stereocenters. The predicted octanol–water partition coefficient (Wildman–Crippen LogP) is 2.78. The number of nitrogens with zero attached hydrogens (tertiary/aromatic N) is 1. The molecule has 1 atom stereocenters. The number of amides is 2. The summed E-state index contributed by atoms with van der Waals surface area (Å²) in [6, 6.07) is 5.28. The minimum absolute atomic E-state index is 0.0585. The van der Waals surface area contributed by atoms with Crippen molar-refractivity contribution < 1.29 is 18.0 Å². The minimum Gasteiger partial charge on any atom is -0.352 e. The molecule has 0 radical (unpaired) electrons. The summed E-state index contributed by atoms with van der Waals surface area (Å²) in [5, 5.41) is 5.73. The predicted molar refractivity (Wildman–Crippen MR) is 115 cm³/mol. The fraction of sp³-hybridized carbons (Fsp3) is 0.619. The molecule has 0 saturated heterocycles. The highest BCUT2D eigenvalue weighted by molar-refractivity contribution is 7.89. The fourth-order valence-corrected chi connectivity index (χ4v) is 4.56. The van der Waals surface area contributed by atoms with Gasteiger partial charge in [0, 0.05) is 24.7 Å². The van der Waals surface area contributed by atoms with Gasteiger partial charge in [-0.3, -0.25) is 9.59 Å². The fourth-order valence-electron chi connectivity index (χ4n) is 3.05. The molecule has 0 aliphatic rings. The SMILES string of the molecule is CCC(CC)NC(=O)[C@@H](NC(=O)c1cccc(S(=O)(=O)N(CC)CC)c1)C(C)C. The topological polar surface area (TPSA) is 95.6 Å². The van der Waals surface area contributed by atoms with Gasteiger partial charge < -0.3 is 10.6 Å². The molecule has 0 aliphatic heterocycles. The number of rotatable bonds is 11. The maximum atomic E-state index is 12.8. The molecule has 0 spiro atoms. The molecule has 1 aromatic carbocycles. The van der Waals surface area contributed by atoms with Crippen molar-refractivity contribution in [3.8, 4) is 0 Å². The van der Waals surface area contributed by atoms with E-state index >= 15 is 0 Å². The summed E-state index contributed by atoms with van der Waals surface area (Å²) in [5.41, 5.74) is 0.208. The van der Waals surface area contributed by atoms with Crippen LogP contribution in [0.4, 0.5) is 0 Å². The largest absolute Gasteiger partial charge is 0.352 e. The van der Waals surface area contributed by atoms with Crippen molar-refractivity contribution in [1.82, 2.24) is 14.9 Å². The lowest BCUT2D eigenvalue weighted by Crippen LogP contribution is -2.52. The van der Waals surface area contributed by atoms with Crippen LogP contribution in [0.25, 0.3) is 0 Å². The van der Waals surface area contributed by atoms with Gasteiger partial charge in [0.25, 0.3) is 5.91 Å². The molecule has 164 valence electrons. The lowest BCUT2D eigenvalue weighted by atomic mass is 10.0. The first kappa shape index (κ1) is 25.1. The first-order chi connectivity index (χ1) is 13.6. The summed E-state index contributed by atoms with van der Waals surface area (Å²) in [4.78, 5) is 25.5. The molecule has 0 heterocycles. The van der Waals surface area contributed by atoms with Crippen molar-refractivity contribution in [2.75, 3.05) is 13.1 Å². The maximum absolute atomic E-state index is 12.8. The first-order valence-corrected chi connectivity index (χ1v) is 11.8. The first-order valence-electron chi connectivity index (χ1n) is 10.3. The number of carbonyl (C=O) groups is 2. The van der Waals surface area contributed by atoms with Crippen LogP contribution in [-0.4, -0.2) is 49.7 Å². The van der Waals surface area contributed by atoms with Crippen LogP contribution in [0.15, 0.2) is 29.2 Å². The van der Waals surface area contributed by atoms with Crippen LogP contribution in [0.5, 0.6) is 0 Å². The zero-order chi connectivity index (χ0) is 22.2. The third-order valence-electron chi connectivity index (χ3n) is 5.01. The van der Waals surface area contributed by atoms with Gasteiger partial charge in [-0.25, -0.2) is 8.42 Å². The quantitative estimate of drug-likeness (QED) is 0.570. The normalized spacial score (nSPS) is 13.0. The van der Waals surface area contributed by atoms with Crippen LogP contribution in [0.1, 0.15) is 64.7 Å². The van der Waals surface area contributed by atoms with Gasteiger partial charge in [0.2, 0.25) is 15.9 Å². The van der Waals surface area contributed by atoms with E-state index in [4.69, 9.17) is 0 Å². The molecule has 2 N–H and O–H groups in total. The van der Waals surface area contributed by atoms with E-state index < -0.39 is 22.0 Å². The number of hydrogen-bond acceptors (Lipinski definition) is 4. The smallest absolute Gasteiger partial charge is 0.251 e. The molecule has 1 rings (SSSR count). The Morgan fingerprint density at radius 2 is 1.59 bits per heavy atom. The highest BCUT2D eigenvalue weighted by Gasteiger charge is 2.27. The molecule has 2 amide bonds. The van der Waals surface area contributed by atoms with Gasteiger partial charge in [0.15, 0.2) is 0 Å². The van der Waals surface area contributed by atoms with E-state index in [-0.39, 0.29) is 28.3 Å². The van der Waals surface area contributed by atoms with Crippen LogP contribution in [-0.2, 0) is 14.8 Å². The average molecular weight is 426 g/mol. The lowest BCUT2D eigenvalue weighted by molar-refractivity contribution is -0.124. The molecule has 8 heteroatoms. The lowest BCUT2D eigenvalue weighted by Gasteiger charge is -2.25. The Kier molecular flexibility index (Phi) is 9.79. The molecule has 1 aromatic rings. The summed E-state index contributed by atoms with van der Waals surface area (Å²) in [6.45, 7) is 11.9. The second-order valence-electron chi connectivity index (χ2n) is 7.33. The molecule has 0 saturated carbocycles. The summed E-state index contributed by atoms with van der Waals surface area (Å²) >= 11 is 0. The highest BCUT2D eigenvalue weighted by Crippen LogP contribution is 2.17. The van der Waals surface area contributed by atoms with E-state index in [1.165, 1.54) is 16.4 Å². The third kappa shape index (κ3) is 6.54. The third-order valence-corrected chi connectivity index (χ3v) is 7.05. The average Bonchev–Trinajstić information content (AvgIpc) is 2.70. The van der Waals surface area contributed by atoms with Crippen molar-refractivity contribution in [3.05, 3.63) is 29.8 Å². The second kappa shape index (κ2) is 11.3. The number of benzene rings is 1. The van der Waals surface area contributed by atoms with Crippen molar-refractivity contribution in [1.29, 1.82) is 0 Å². The summed E-state index contributed by atoms with van der Waals surface area (Å²) in [5.74, 6) is -0.815. The summed E-state index contributed by atoms with van der Waals surface area (Å²) in [6.07, 6.45) is 1.62. The Balaban J connectivity index is 3.07. The second-order valence-corrected chi connectivity index (χ2v) is 9.27. The Morgan fingerprint density at radius 1 is 1.00 bits per heavy atom. The minimum atomic E-state index is -3.67. The van der Waals surface area contributed by atoms with Crippen LogP contribution in [0.3, 0.4) is 0 Å². The van der Waals surface area contributed by atoms with Crippen molar-refractivity contribution in [2.45, 2.75) is 71.4 Å². The monoisotopic (exact) mass is 425 g/mol. The van der Waals surface area contributed by atoms with Crippen LogP contribution >= 0.6 is 0 Å². The number of hydrogen-bond donors (Lipinski definition) is 2. The van der Waals surface area contributed by atoms with Gasteiger partial charge in [-0.1, -0.05) is 47.6 Å². The van der Waals surface area contributed by atoms with Crippen molar-refractivity contribution >= 4 is 21.8 Å². The molecular weight excluding hydrogens is 390 g/mol. The maximum Gasteiger partial charge on any atom is 0.251 e. The van der Waals surface area contributed by atoms with E-state index in [0.717, 1.165) is 12.8 Å². The Morgan fingerprint density at radius 3 is 2.07 bits per heavy atom. The van der Waals surface area contributed by atoms with E-state index in [2.05, 4.69) is 10.6 Å². The molecule has 0 fully saturated rings. The van der Waals surface area contributed by atoms with Gasteiger partial charge in [0.05, 0.1) is 4.90 Å². The number of carbonyl (C=O) groups excluding carboxylic acids is 2. The summed E-state index contributed by atoms with van der Waals surface area (Å²) < 4.78 is 26.8. The van der Waals surface area contributed by atoms with Gasteiger partial charge in [-0.05, 0) is 37.0 Å². The molecule has 0 aromatic heterocycles. The van der Waals surface area contributed by atoms with Gasteiger partial charge in [-0.15, -0.1) is 0 Å². The van der Waals surface area contributed by atoms with Gasteiger partial charge >= 0.3 is 0 Å². The van der Waals surface area contributed by atoms with E-state index in [0.29, 0.717) is 13.1 Å². The van der Waals surface area contributed by atoms with E-state index in [1.807, 2.05) is 27.7 Å². The standard InChI is InChI=1S/C21H35N3O4S/c1-7-17(8-2)22-21(26)19(15(5)6)23-20(25)16-12-11-13-18(14-16)29(27,28)24(9-3)10-4/h11-15,17,19H,7-10H2,1-6H3,(H,22,26)(H,23,25)/t19-/m0/s1. The van der Waals surface area contributed by atoms with Crippen LogP contribution in [0.2, 0.25) is 0 Å². The zero-order valence-corrected chi connectivity index (χ0v) is 19.2. The van der Waals surface area contributed by atoms with Gasteiger partial charge in [-0.2, -0.15) is 4.31 Å². The summed E-state index contributed by atoms with van der Waals surface area (Å²) in [7, 11) is -3.67. The highest BCUT2D eigenvalue weighted by atomic mass is 32.2. The van der Waals surface area contributed by atoms with Crippen LogP contribution in [0, 0.1) is 5.92 Å². The Labute approximate surface area is 175 Å². The van der Waals surface area contributed by atoms with Crippen molar-refractivity contribution in [3.63, 3.8) is 0 Å².